The number of nitrogens with zero attached hydrogens (tertiary/aromatic N) is 1. The molecule has 1 aliphatic heterocycles. The van der Waals surface area contributed by atoms with E-state index in [0.29, 0.717) is 27.5 Å². The molecule has 98 valence electrons. The summed E-state index contributed by atoms with van der Waals surface area (Å²) in [6.07, 6.45) is 3.92. The predicted molar refractivity (Wildman–Crippen MR) is 77.5 cm³/mol. The summed E-state index contributed by atoms with van der Waals surface area (Å²) in [4.78, 5) is 4.06. The first kappa shape index (κ1) is 13.8. The molecule has 2 N–H and O–H groups in total. The average Bonchev–Trinajstić information content (AvgIpc) is 2.83. The number of pyridine rings is 1. The summed E-state index contributed by atoms with van der Waals surface area (Å²) in [5.41, 5.74) is 0. The van der Waals surface area contributed by atoms with Crippen molar-refractivity contribution in [2.45, 2.75) is 18.9 Å². The molecule has 1 aromatic heterocycles. The molecule has 0 spiro atoms. The van der Waals surface area contributed by atoms with Crippen molar-refractivity contribution in [2.75, 3.05) is 18.5 Å². The van der Waals surface area contributed by atoms with Gasteiger partial charge in [-0.3, -0.25) is 0 Å². The highest BCUT2D eigenvalue weighted by atomic mass is 35.5. The molecule has 0 saturated carbocycles. The van der Waals surface area contributed by atoms with Gasteiger partial charge in [-0.25, -0.2) is 4.98 Å². The van der Waals surface area contributed by atoms with Crippen LogP contribution in [0.4, 0.5) is 5.82 Å². The van der Waals surface area contributed by atoms with Crippen molar-refractivity contribution in [3.8, 4) is 0 Å². The minimum atomic E-state index is 0.235. The molecular weight excluding hydrogens is 293 g/mol. The number of thiocarbonyl (C=S) groups is 1. The number of rotatable bonds is 3. The van der Waals surface area contributed by atoms with Crippen LogP contribution in [0.3, 0.4) is 0 Å². The molecule has 4 nitrogen and oxygen atoms in total. The lowest BCUT2D eigenvalue weighted by Crippen LogP contribution is -2.35. The fraction of sp³-hybridized carbons (Fsp3) is 0.455. The summed E-state index contributed by atoms with van der Waals surface area (Å²) in [6.45, 7) is 1.52. The Morgan fingerprint density at radius 2 is 2.39 bits per heavy atom. The highest BCUT2D eigenvalue weighted by Crippen LogP contribution is 2.22. The second-order valence-corrected chi connectivity index (χ2v) is 5.21. The SMILES string of the molecule is S=C(NCC1CCCO1)Nc1ncc(Cl)cc1Cl. The molecular formula is C11H13Cl2N3OS. The molecule has 0 bridgehead atoms. The van der Waals surface area contributed by atoms with Crippen molar-refractivity contribution in [2.24, 2.45) is 0 Å². The van der Waals surface area contributed by atoms with Gasteiger partial charge in [0.05, 0.1) is 16.1 Å². The lowest BCUT2D eigenvalue weighted by molar-refractivity contribution is 0.114. The number of hydrogen-bond donors (Lipinski definition) is 2. The Morgan fingerprint density at radius 3 is 3.06 bits per heavy atom. The van der Waals surface area contributed by atoms with E-state index in [9.17, 15) is 0 Å². The van der Waals surface area contributed by atoms with E-state index in [0.717, 1.165) is 19.4 Å². The summed E-state index contributed by atoms with van der Waals surface area (Å²) >= 11 is 16.9. The fourth-order valence-corrected chi connectivity index (χ4v) is 2.28. The van der Waals surface area contributed by atoms with Crippen molar-refractivity contribution < 1.29 is 4.74 Å². The Morgan fingerprint density at radius 1 is 1.56 bits per heavy atom. The van der Waals surface area contributed by atoms with Gasteiger partial charge in [0.1, 0.15) is 0 Å². The van der Waals surface area contributed by atoms with Crippen LogP contribution >= 0.6 is 35.4 Å². The smallest absolute Gasteiger partial charge is 0.172 e. The zero-order valence-electron chi connectivity index (χ0n) is 9.58. The largest absolute Gasteiger partial charge is 0.376 e. The highest BCUT2D eigenvalue weighted by molar-refractivity contribution is 7.80. The maximum atomic E-state index is 5.98. The first-order valence-electron chi connectivity index (χ1n) is 5.62. The monoisotopic (exact) mass is 305 g/mol. The quantitative estimate of drug-likeness (QED) is 0.841. The molecule has 1 saturated heterocycles. The molecule has 1 fully saturated rings. The van der Waals surface area contributed by atoms with Gasteiger partial charge in [-0.1, -0.05) is 23.2 Å². The first-order valence-corrected chi connectivity index (χ1v) is 6.79. The number of nitrogens with one attached hydrogen (secondary N) is 2. The molecule has 7 heteroatoms. The third kappa shape index (κ3) is 3.95. The van der Waals surface area contributed by atoms with Crippen molar-refractivity contribution >= 4 is 46.4 Å². The van der Waals surface area contributed by atoms with Gasteiger partial charge in [-0.2, -0.15) is 0 Å². The average molecular weight is 306 g/mol. The van der Waals surface area contributed by atoms with Gasteiger partial charge < -0.3 is 15.4 Å². The maximum absolute atomic E-state index is 5.98. The van der Waals surface area contributed by atoms with E-state index in [1.807, 2.05) is 0 Å². The highest BCUT2D eigenvalue weighted by Gasteiger charge is 2.15. The van der Waals surface area contributed by atoms with Crippen LogP contribution in [0.5, 0.6) is 0 Å². The number of hydrogen-bond acceptors (Lipinski definition) is 3. The Labute approximate surface area is 121 Å². The summed E-state index contributed by atoms with van der Waals surface area (Å²) in [6, 6.07) is 1.61. The van der Waals surface area contributed by atoms with Gasteiger partial charge in [-0.05, 0) is 31.1 Å². The van der Waals surface area contributed by atoms with E-state index >= 15 is 0 Å². The van der Waals surface area contributed by atoms with Crippen LogP contribution in [-0.4, -0.2) is 29.4 Å². The molecule has 1 atom stereocenters. The van der Waals surface area contributed by atoms with E-state index in [1.165, 1.54) is 6.20 Å². The topological polar surface area (TPSA) is 46.2 Å². The van der Waals surface area contributed by atoms with Gasteiger partial charge in [0.25, 0.3) is 0 Å². The van der Waals surface area contributed by atoms with E-state index < -0.39 is 0 Å². The van der Waals surface area contributed by atoms with E-state index in [-0.39, 0.29) is 6.10 Å². The molecule has 1 aliphatic rings. The third-order valence-electron chi connectivity index (χ3n) is 2.55. The van der Waals surface area contributed by atoms with Crippen LogP contribution in [-0.2, 0) is 4.74 Å². The molecule has 2 heterocycles. The van der Waals surface area contributed by atoms with Gasteiger partial charge in [0.2, 0.25) is 0 Å². The normalized spacial score (nSPS) is 18.7. The Hall–Kier alpha value is -0.620. The number of halogens is 2. The van der Waals surface area contributed by atoms with Crippen molar-refractivity contribution in [1.29, 1.82) is 0 Å². The lowest BCUT2D eigenvalue weighted by Gasteiger charge is -2.14. The van der Waals surface area contributed by atoms with Crippen LogP contribution in [0.1, 0.15) is 12.8 Å². The second-order valence-electron chi connectivity index (χ2n) is 3.95. The van der Waals surface area contributed by atoms with Crippen molar-refractivity contribution in [1.82, 2.24) is 10.3 Å². The van der Waals surface area contributed by atoms with E-state index in [1.54, 1.807) is 6.07 Å². The Bertz CT molecular complexity index is 438. The first-order chi connectivity index (χ1) is 8.65. The molecule has 0 aliphatic carbocycles. The molecule has 1 unspecified atom stereocenters. The number of aromatic nitrogens is 1. The van der Waals surface area contributed by atoms with Gasteiger partial charge in [0, 0.05) is 19.3 Å². The van der Waals surface area contributed by atoms with Crippen molar-refractivity contribution in [3.63, 3.8) is 0 Å². The van der Waals surface area contributed by atoms with Crippen molar-refractivity contribution in [3.05, 3.63) is 22.3 Å². The number of anilines is 1. The van der Waals surface area contributed by atoms with Crippen LogP contribution in [0, 0.1) is 0 Å². The minimum absolute atomic E-state index is 0.235. The zero-order chi connectivity index (χ0) is 13.0. The zero-order valence-corrected chi connectivity index (χ0v) is 11.9. The van der Waals surface area contributed by atoms with Crippen LogP contribution in [0.25, 0.3) is 0 Å². The van der Waals surface area contributed by atoms with Gasteiger partial charge >= 0.3 is 0 Å². The summed E-state index contributed by atoms with van der Waals surface area (Å²) < 4.78 is 5.48. The molecule has 0 aromatic carbocycles. The third-order valence-corrected chi connectivity index (χ3v) is 3.30. The Balaban J connectivity index is 1.82. The van der Waals surface area contributed by atoms with Gasteiger partial charge in [0.15, 0.2) is 10.9 Å². The maximum Gasteiger partial charge on any atom is 0.172 e. The Kier molecular flexibility index (Phi) is 5.00. The summed E-state index contributed by atoms with van der Waals surface area (Å²) in [7, 11) is 0. The fourth-order valence-electron chi connectivity index (χ4n) is 1.67. The van der Waals surface area contributed by atoms with Gasteiger partial charge in [-0.15, -0.1) is 0 Å². The second kappa shape index (κ2) is 6.52. The molecule has 0 radical (unpaired) electrons. The van der Waals surface area contributed by atoms with E-state index in [2.05, 4.69) is 15.6 Å². The van der Waals surface area contributed by atoms with E-state index in [4.69, 9.17) is 40.2 Å². The minimum Gasteiger partial charge on any atom is -0.376 e. The number of ether oxygens (including phenoxy) is 1. The molecule has 0 amide bonds. The lowest BCUT2D eigenvalue weighted by atomic mass is 10.2. The summed E-state index contributed by atoms with van der Waals surface area (Å²) in [5.74, 6) is 0.492. The predicted octanol–water partition coefficient (Wildman–Crippen LogP) is 2.85. The van der Waals surface area contributed by atoms with Crippen LogP contribution < -0.4 is 10.6 Å². The summed E-state index contributed by atoms with van der Waals surface area (Å²) in [5, 5.41) is 7.40. The molecule has 2 rings (SSSR count). The molecule has 18 heavy (non-hydrogen) atoms. The molecule has 1 aromatic rings. The standard InChI is InChI=1S/C11H13Cl2N3OS/c12-7-4-9(13)10(14-5-7)16-11(18)15-6-8-2-1-3-17-8/h4-5,8H,1-3,6H2,(H2,14,15,16,18). The van der Waals surface area contributed by atoms with Crippen LogP contribution in [0.2, 0.25) is 10.0 Å². The van der Waals surface area contributed by atoms with Crippen LogP contribution in [0.15, 0.2) is 12.3 Å².